The van der Waals surface area contributed by atoms with Gasteiger partial charge in [-0.05, 0) is 11.6 Å². The van der Waals surface area contributed by atoms with Crippen LogP contribution in [0.3, 0.4) is 0 Å². The molecule has 0 aliphatic carbocycles. The molecule has 2 aromatic rings. The minimum Gasteiger partial charge on any atom is -0.476 e. The zero-order valence-electron chi connectivity index (χ0n) is 9.84. The van der Waals surface area contributed by atoms with E-state index in [-0.39, 0.29) is 0 Å². The van der Waals surface area contributed by atoms with E-state index in [0.717, 1.165) is 6.42 Å². The van der Waals surface area contributed by atoms with Crippen LogP contribution >= 0.6 is 0 Å². The number of nitriles is 1. The highest BCUT2D eigenvalue weighted by Crippen LogP contribution is 2.16. The molecule has 0 saturated heterocycles. The number of nitrogens with zero attached hydrogens (tertiary/aromatic N) is 2. The number of hydrogen-bond acceptors (Lipinski definition) is 4. The molecule has 0 bridgehead atoms. The molecule has 0 atom stereocenters. The molecule has 0 aliphatic rings. The SMILES string of the molecule is N#Cc1cc(N)cnc1OCCc1ccccc1. The molecule has 0 aliphatic heterocycles. The predicted molar refractivity (Wildman–Crippen MR) is 69.0 cm³/mol. The third-order valence-electron chi connectivity index (χ3n) is 2.47. The van der Waals surface area contributed by atoms with E-state index >= 15 is 0 Å². The van der Waals surface area contributed by atoms with Gasteiger partial charge in [-0.15, -0.1) is 0 Å². The van der Waals surface area contributed by atoms with Crippen LogP contribution in [0.25, 0.3) is 0 Å². The standard InChI is InChI=1S/C14H13N3O/c15-9-12-8-13(16)10-17-14(12)18-7-6-11-4-2-1-3-5-11/h1-5,8,10H,6-7,16H2. The summed E-state index contributed by atoms with van der Waals surface area (Å²) in [6.07, 6.45) is 2.26. The predicted octanol–water partition coefficient (Wildman–Crippen LogP) is 2.16. The van der Waals surface area contributed by atoms with Crippen molar-refractivity contribution < 1.29 is 4.74 Å². The fraction of sp³-hybridized carbons (Fsp3) is 0.143. The Bertz CT molecular complexity index is 561. The first-order valence-electron chi connectivity index (χ1n) is 5.62. The molecule has 90 valence electrons. The van der Waals surface area contributed by atoms with Gasteiger partial charge in [0.25, 0.3) is 0 Å². The van der Waals surface area contributed by atoms with Crippen molar-refractivity contribution in [1.29, 1.82) is 5.26 Å². The van der Waals surface area contributed by atoms with Crippen LogP contribution in [-0.2, 0) is 6.42 Å². The maximum Gasteiger partial charge on any atom is 0.231 e. The van der Waals surface area contributed by atoms with Crippen molar-refractivity contribution in [2.24, 2.45) is 0 Å². The Morgan fingerprint density at radius 3 is 2.78 bits per heavy atom. The maximum absolute atomic E-state index is 8.93. The number of aromatic nitrogens is 1. The van der Waals surface area contributed by atoms with Crippen LogP contribution in [0.1, 0.15) is 11.1 Å². The number of nitrogen functional groups attached to an aromatic ring is 1. The quantitative estimate of drug-likeness (QED) is 0.887. The number of hydrogen-bond donors (Lipinski definition) is 1. The molecule has 2 N–H and O–H groups in total. The van der Waals surface area contributed by atoms with Crippen molar-refractivity contribution in [3.8, 4) is 11.9 Å². The third-order valence-corrected chi connectivity index (χ3v) is 2.47. The topological polar surface area (TPSA) is 71.9 Å². The summed E-state index contributed by atoms with van der Waals surface area (Å²) in [7, 11) is 0. The minimum absolute atomic E-state index is 0.336. The number of rotatable bonds is 4. The van der Waals surface area contributed by atoms with Crippen LogP contribution in [0.5, 0.6) is 5.88 Å². The Labute approximate surface area is 106 Å². The van der Waals surface area contributed by atoms with Crippen LogP contribution in [0.2, 0.25) is 0 Å². The highest BCUT2D eigenvalue weighted by molar-refractivity contribution is 5.48. The monoisotopic (exact) mass is 239 g/mol. The lowest BCUT2D eigenvalue weighted by molar-refractivity contribution is 0.308. The van der Waals surface area contributed by atoms with Gasteiger partial charge in [0.2, 0.25) is 5.88 Å². The van der Waals surface area contributed by atoms with E-state index in [9.17, 15) is 0 Å². The molecule has 0 unspecified atom stereocenters. The van der Waals surface area contributed by atoms with Crippen molar-refractivity contribution in [3.05, 3.63) is 53.7 Å². The molecule has 0 radical (unpaired) electrons. The summed E-state index contributed by atoms with van der Waals surface area (Å²) in [6.45, 7) is 0.482. The largest absolute Gasteiger partial charge is 0.476 e. The van der Waals surface area contributed by atoms with E-state index in [0.29, 0.717) is 23.7 Å². The highest BCUT2D eigenvalue weighted by Gasteiger charge is 2.05. The van der Waals surface area contributed by atoms with Gasteiger partial charge in [-0.25, -0.2) is 4.98 Å². The van der Waals surface area contributed by atoms with Crippen molar-refractivity contribution in [2.45, 2.75) is 6.42 Å². The average molecular weight is 239 g/mol. The molecular weight excluding hydrogens is 226 g/mol. The van der Waals surface area contributed by atoms with Gasteiger partial charge in [-0.1, -0.05) is 30.3 Å². The molecule has 0 fully saturated rings. The Hall–Kier alpha value is -2.54. The molecule has 2 rings (SSSR count). The number of anilines is 1. The molecule has 0 spiro atoms. The first-order valence-corrected chi connectivity index (χ1v) is 5.62. The first-order chi connectivity index (χ1) is 8.79. The fourth-order valence-electron chi connectivity index (χ4n) is 1.57. The number of benzene rings is 1. The fourth-order valence-corrected chi connectivity index (χ4v) is 1.57. The molecule has 4 nitrogen and oxygen atoms in total. The van der Waals surface area contributed by atoms with Crippen LogP contribution < -0.4 is 10.5 Å². The van der Waals surface area contributed by atoms with E-state index in [1.165, 1.54) is 11.8 Å². The van der Waals surface area contributed by atoms with Gasteiger partial charge in [0.1, 0.15) is 11.6 Å². The summed E-state index contributed by atoms with van der Waals surface area (Å²) in [4.78, 5) is 4.01. The van der Waals surface area contributed by atoms with Gasteiger partial charge in [0, 0.05) is 6.42 Å². The first kappa shape index (κ1) is 11.9. The Balaban J connectivity index is 1.97. The van der Waals surface area contributed by atoms with Crippen LogP contribution in [0, 0.1) is 11.3 Å². The van der Waals surface area contributed by atoms with Gasteiger partial charge in [0.15, 0.2) is 0 Å². The second-order valence-corrected chi connectivity index (χ2v) is 3.82. The molecule has 18 heavy (non-hydrogen) atoms. The smallest absolute Gasteiger partial charge is 0.231 e. The molecule has 0 amide bonds. The molecule has 1 heterocycles. The van der Waals surface area contributed by atoms with Crippen molar-refractivity contribution >= 4 is 5.69 Å². The van der Waals surface area contributed by atoms with E-state index in [4.69, 9.17) is 15.7 Å². The number of pyridine rings is 1. The molecular formula is C14H13N3O. The van der Waals surface area contributed by atoms with Crippen molar-refractivity contribution in [3.63, 3.8) is 0 Å². The Morgan fingerprint density at radius 1 is 1.28 bits per heavy atom. The summed E-state index contributed by atoms with van der Waals surface area (Å²) in [5.74, 6) is 0.336. The van der Waals surface area contributed by atoms with Gasteiger partial charge < -0.3 is 10.5 Å². The normalized spacial score (nSPS) is 9.72. The lowest BCUT2D eigenvalue weighted by Crippen LogP contribution is -2.04. The third kappa shape index (κ3) is 2.98. The van der Waals surface area contributed by atoms with Crippen LogP contribution in [0.4, 0.5) is 5.69 Å². The average Bonchev–Trinajstić information content (AvgIpc) is 2.41. The van der Waals surface area contributed by atoms with Gasteiger partial charge in [0.05, 0.1) is 18.5 Å². The van der Waals surface area contributed by atoms with E-state index in [1.54, 1.807) is 6.07 Å². The Morgan fingerprint density at radius 2 is 2.06 bits per heavy atom. The molecule has 1 aromatic heterocycles. The van der Waals surface area contributed by atoms with Crippen molar-refractivity contribution in [1.82, 2.24) is 4.98 Å². The second kappa shape index (κ2) is 5.69. The zero-order chi connectivity index (χ0) is 12.8. The molecule has 4 heteroatoms. The lowest BCUT2D eigenvalue weighted by Gasteiger charge is -2.07. The molecule has 0 saturated carbocycles. The van der Waals surface area contributed by atoms with E-state index in [2.05, 4.69) is 4.98 Å². The number of nitrogens with two attached hydrogens (primary N) is 1. The molecule has 1 aromatic carbocycles. The van der Waals surface area contributed by atoms with Gasteiger partial charge >= 0.3 is 0 Å². The van der Waals surface area contributed by atoms with Gasteiger partial charge in [-0.2, -0.15) is 5.26 Å². The minimum atomic E-state index is 0.336. The maximum atomic E-state index is 8.93. The summed E-state index contributed by atoms with van der Waals surface area (Å²) >= 11 is 0. The highest BCUT2D eigenvalue weighted by atomic mass is 16.5. The second-order valence-electron chi connectivity index (χ2n) is 3.82. The zero-order valence-corrected chi connectivity index (χ0v) is 9.84. The Kier molecular flexibility index (Phi) is 3.77. The summed E-state index contributed by atoms with van der Waals surface area (Å²) in [5.41, 5.74) is 7.56. The van der Waals surface area contributed by atoms with Crippen molar-refractivity contribution in [2.75, 3.05) is 12.3 Å². The van der Waals surface area contributed by atoms with Crippen LogP contribution in [-0.4, -0.2) is 11.6 Å². The summed E-state index contributed by atoms with van der Waals surface area (Å²) < 4.78 is 5.50. The summed E-state index contributed by atoms with van der Waals surface area (Å²) in [6, 6.07) is 13.6. The van der Waals surface area contributed by atoms with Gasteiger partial charge in [-0.3, -0.25) is 0 Å². The van der Waals surface area contributed by atoms with E-state index in [1.807, 2.05) is 36.4 Å². The van der Waals surface area contributed by atoms with E-state index < -0.39 is 0 Å². The summed E-state index contributed by atoms with van der Waals surface area (Å²) in [5, 5.41) is 8.93. The number of ether oxygens (including phenoxy) is 1. The lowest BCUT2D eigenvalue weighted by atomic mass is 10.2. The van der Waals surface area contributed by atoms with Crippen LogP contribution in [0.15, 0.2) is 42.6 Å².